The number of amides is 2. The number of nitrogens with one attached hydrogen (secondary N) is 3. The lowest BCUT2D eigenvalue weighted by atomic mass is 10.2. The Hall–Kier alpha value is -2.63. The van der Waals surface area contributed by atoms with Crippen LogP contribution in [-0.2, 0) is 0 Å². The van der Waals surface area contributed by atoms with Crippen molar-refractivity contribution in [2.24, 2.45) is 0 Å². The summed E-state index contributed by atoms with van der Waals surface area (Å²) in [5, 5.41) is 6.78. The highest BCUT2D eigenvalue weighted by Crippen LogP contribution is 2.38. The molecule has 0 unspecified atom stereocenters. The molecule has 1 aromatic heterocycles. The summed E-state index contributed by atoms with van der Waals surface area (Å²) in [5.74, 6) is -0.294. The Morgan fingerprint density at radius 3 is 2.50 bits per heavy atom. The first-order valence-electron chi connectivity index (χ1n) is 6.45. The van der Waals surface area contributed by atoms with Crippen molar-refractivity contribution < 1.29 is 9.59 Å². The Morgan fingerprint density at radius 1 is 1.10 bits per heavy atom. The number of carbonyl (C=O) groups is 2. The molecule has 6 nitrogen and oxygen atoms in total. The van der Waals surface area contributed by atoms with E-state index in [1.54, 1.807) is 30.3 Å². The standard InChI is InChI=1S/C14H14N4O2/c19-13(10-4-2-1-3-5-10)17-18-14(20)12-8-11(15-16-12)9-6-7-9/h1-5,8-9H,6-7H2,(H,15,16)(H,17,19)(H,18,20). The van der Waals surface area contributed by atoms with E-state index in [0.717, 1.165) is 18.5 Å². The SMILES string of the molecule is O=C(NNC(=O)c1cc(C2CC2)[nH]n1)c1ccccc1. The molecule has 3 rings (SSSR count). The summed E-state index contributed by atoms with van der Waals surface area (Å²) >= 11 is 0. The first-order valence-corrected chi connectivity index (χ1v) is 6.45. The quantitative estimate of drug-likeness (QED) is 0.736. The minimum atomic E-state index is -0.433. The number of nitrogens with zero attached hydrogens (tertiary/aromatic N) is 1. The second kappa shape index (κ2) is 5.16. The number of H-pyrrole nitrogens is 1. The summed E-state index contributed by atoms with van der Waals surface area (Å²) in [6, 6.07) is 10.4. The third-order valence-corrected chi connectivity index (χ3v) is 3.17. The summed E-state index contributed by atoms with van der Waals surface area (Å²) in [5.41, 5.74) is 6.44. The van der Waals surface area contributed by atoms with Gasteiger partial charge in [-0.2, -0.15) is 5.10 Å². The summed E-state index contributed by atoms with van der Waals surface area (Å²) in [7, 11) is 0. The lowest BCUT2D eigenvalue weighted by Gasteiger charge is -2.05. The summed E-state index contributed by atoms with van der Waals surface area (Å²) < 4.78 is 0. The third-order valence-electron chi connectivity index (χ3n) is 3.17. The normalized spacial score (nSPS) is 13.8. The molecule has 0 radical (unpaired) electrons. The topological polar surface area (TPSA) is 86.9 Å². The van der Waals surface area contributed by atoms with Crippen molar-refractivity contribution in [1.82, 2.24) is 21.0 Å². The highest BCUT2D eigenvalue weighted by molar-refractivity contribution is 5.98. The van der Waals surface area contributed by atoms with Crippen LogP contribution in [0.1, 0.15) is 45.3 Å². The molecule has 1 aliphatic rings. The molecule has 6 heteroatoms. The van der Waals surface area contributed by atoms with Crippen LogP contribution in [0.25, 0.3) is 0 Å². The van der Waals surface area contributed by atoms with Gasteiger partial charge in [-0.1, -0.05) is 18.2 Å². The Balaban J connectivity index is 1.57. The lowest BCUT2D eigenvalue weighted by Crippen LogP contribution is -2.41. The van der Waals surface area contributed by atoms with Gasteiger partial charge in [0.15, 0.2) is 5.69 Å². The van der Waals surface area contributed by atoms with Gasteiger partial charge in [-0.05, 0) is 31.0 Å². The van der Waals surface area contributed by atoms with Crippen molar-refractivity contribution in [3.05, 3.63) is 53.3 Å². The first kappa shape index (κ1) is 12.4. The van der Waals surface area contributed by atoms with Gasteiger partial charge in [0.1, 0.15) is 0 Å². The average molecular weight is 270 g/mol. The number of benzene rings is 1. The Bertz CT molecular complexity index is 632. The van der Waals surface area contributed by atoms with E-state index in [9.17, 15) is 9.59 Å². The number of aromatic amines is 1. The fraction of sp³-hybridized carbons (Fsp3) is 0.214. The molecule has 1 aliphatic carbocycles. The molecule has 0 bridgehead atoms. The molecular formula is C14H14N4O2. The molecule has 102 valence electrons. The van der Waals surface area contributed by atoms with Gasteiger partial charge in [0, 0.05) is 17.2 Å². The molecule has 2 amide bonds. The fourth-order valence-electron chi connectivity index (χ4n) is 1.90. The van der Waals surface area contributed by atoms with Crippen LogP contribution < -0.4 is 10.9 Å². The highest BCUT2D eigenvalue weighted by Gasteiger charge is 2.26. The number of rotatable bonds is 3. The molecule has 0 atom stereocenters. The summed E-state index contributed by atoms with van der Waals surface area (Å²) in [4.78, 5) is 23.6. The minimum Gasteiger partial charge on any atom is -0.281 e. The second-order valence-electron chi connectivity index (χ2n) is 4.76. The molecule has 1 saturated carbocycles. The van der Waals surface area contributed by atoms with E-state index >= 15 is 0 Å². The molecule has 0 saturated heterocycles. The molecule has 2 aromatic rings. The van der Waals surface area contributed by atoms with Crippen LogP contribution in [0.2, 0.25) is 0 Å². The van der Waals surface area contributed by atoms with Crippen molar-refractivity contribution in [2.45, 2.75) is 18.8 Å². The van der Waals surface area contributed by atoms with Gasteiger partial charge in [0.05, 0.1) is 0 Å². The number of aromatic nitrogens is 2. The van der Waals surface area contributed by atoms with Crippen LogP contribution in [-0.4, -0.2) is 22.0 Å². The van der Waals surface area contributed by atoms with Gasteiger partial charge in [0.25, 0.3) is 11.8 Å². The average Bonchev–Trinajstić information content (AvgIpc) is 3.22. The molecule has 20 heavy (non-hydrogen) atoms. The number of hydrogen-bond donors (Lipinski definition) is 3. The largest absolute Gasteiger partial charge is 0.290 e. The van der Waals surface area contributed by atoms with Crippen molar-refractivity contribution in [1.29, 1.82) is 0 Å². The second-order valence-corrected chi connectivity index (χ2v) is 4.76. The number of hydrogen-bond acceptors (Lipinski definition) is 3. The monoisotopic (exact) mass is 270 g/mol. The van der Waals surface area contributed by atoms with E-state index in [2.05, 4.69) is 21.0 Å². The van der Waals surface area contributed by atoms with E-state index in [0.29, 0.717) is 11.5 Å². The van der Waals surface area contributed by atoms with Crippen molar-refractivity contribution >= 4 is 11.8 Å². The van der Waals surface area contributed by atoms with E-state index in [1.807, 2.05) is 6.07 Å². The van der Waals surface area contributed by atoms with Crippen molar-refractivity contribution in [2.75, 3.05) is 0 Å². The van der Waals surface area contributed by atoms with Gasteiger partial charge >= 0.3 is 0 Å². The van der Waals surface area contributed by atoms with E-state index < -0.39 is 5.91 Å². The zero-order chi connectivity index (χ0) is 13.9. The Morgan fingerprint density at radius 2 is 1.80 bits per heavy atom. The number of carbonyl (C=O) groups excluding carboxylic acids is 2. The molecule has 1 heterocycles. The van der Waals surface area contributed by atoms with Gasteiger partial charge in [-0.25, -0.2) is 0 Å². The lowest BCUT2D eigenvalue weighted by molar-refractivity contribution is 0.0844. The smallest absolute Gasteiger partial charge is 0.281 e. The summed E-state index contributed by atoms with van der Waals surface area (Å²) in [6.45, 7) is 0. The van der Waals surface area contributed by atoms with Crippen molar-refractivity contribution in [3.63, 3.8) is 0 Å². The fourth-order valence-corrected chi connectivity index (χ4v) is 1.90. The van der Waals surface area contributed by atoms with Crippen LogP contribution in [0, 0.1) is 0 Å². The van der Waals surface area contributed by atoms with Gasteiger partial charge in [-0.3, -0.25) is 25.5 Å². The minimum absolute atomic E-state index is 0.278. The van der Waals surface area contributed by atoms with Crippen LogP contribution >= 0.6 is 0 Å². The predicted octanol–water partition coefficient (Wildman–Crippen LogP) is 1.36. The molecule has 3 N–H and O–H groups in total. The van der Waals surface area contributed by atoms with E-state index in [1.165, 1.54) is 0 Å². The van der Waals surface area contributed by atoms with E-state index in [4.69, 9.17) is 0 Å². The number of hydrazine groups is 1. The maximum atomic E-state index is 11.8. The van der Waals surface area contributed by atoms with E-state index in [-0.39, 0.29) is 11.6 Å². The maximum absolute atomic E-state index is 11.8. The van der Waals surface area contributed by atoms with Crippen molar-refractivity contribution in [3.8, 4) is 0 Å². The predicted molar refractivity (Wildman–Crippen MR) is 71.9 cm³/mol. The molecular weight excluding hydrogens is 256 g/mol. The van der Waals surface area contributed by atoms with Crippen LogP contribution in [0.3, 0.4) is 0 Å². The Kier molecular flexibility index (Phi) is 3.20. The van der Waals surface area contributed by atoms with Gasteiger partial charge < -0.3 is 0 Å². The first-order chi connectivity index (χ1) is 9.74. The molecule has 1 aromatic carbocycles. The molecule has 1 fully saturated rings. The van der Waals surface area contributed by atoms with Crippen LogP contribution in [0.5, 0.6) is 0 Å². The zero-order valence-corrected chi connectivity index (χ0v) is 10.7. The highest BCUT2D eigenvalue weighted by atomic mass is 16.2. The van der Waals surface area contributed by atoms with Gasteiger partial charge in [-0.15, -0.1) is 0 Å². The van der Waals surface area contributed by atoms with Crippen LogP contribution in [0.15, 0.2) is 36.4 Å². The Labute approximate surface area is 115 Å². The van der Waals surface area contributed by atoms with Crippen LogP contribution in [0.4, 0.5) is 0 Å². The maximum Gasteiger partial charge on any atom is 0.290 e. The summed E-state index contributed by atoms with van der Waals surface area (Å²) in [6.07, 6.45) is 2.27. The molecule has 0 spiro atoms. The van der Waals surface area contributed by atoms with Gasteiger partial charge in [0.2, 0.25) is 0 Å². The molecule has 0 aliphatic heterocycles. The third kappa shape index (κ3) is 2.69. The zero-order valence-electron chi connectivity index (χ0n) is 10.7.